The lowest BCUT2D eigenvalue weighted by atomic mass is 9.98. The van der Waals surface area contributed by atoms with Crippen molar-refractivity contribution < 1.29 is 24.0 Å². The van der Waals surface area contributed by atoms with Crippen LogP contribution >= 0.6 is 0 Å². The monoisotopic (exact) mass is 404 g/mol. The van der Waals surface area contributed by atoms with E-state index >= 15 is 0 Å². The molecule has 0 saturated heterocycles. The zero-order valence-corrected chi connectivity index (χ0v) is 16.9. The molecule has 0 saturated carbocycles. The molecule has 29 heavy (non-hydrogen) atoms. The van der Waals surface area contributed by atoms with Gasteiger partial charge in [-0.2, -0.15) is 0 Å². The number of unbranched alkanes of at least 4 members (excludes halogenated alkanes) is 1. The first-order valence-corrected chi connectivity index (χ1v) is 9.71. The molecule has 0 bridgehead atoms. The van der Waals surface area contributed by atoms with E-state index in [9.17, 15) is 19.6 Å². The molecule has 2 aromatic heterocycles. The molecule has 2 N–H and O–H groups in total. The lowest BCUT2D eigenvalue weighted by Gasteiger charge is -2.24. The second-order valence-corrected chi connectivity index (χ2v) is 7.26. The Morgan fingerprint density at radius 3 is 2.62 bits per heavy atom. The van der Waals surface area contributed by atoms with Crippen LogP contribution in [0.3, 0.4) is 0 Å². The van der Waals surface area contributed by atoms with E-state index in [0.29, 0.717) is 11.5 Å². The Kier molecular flexibility index (Phi) is 8.14. The summed E-state index contributed by atoms with van der Waals surface area (Å²) in [5.74, 6) is -1.04. The van der Waals surface area contributed by atoms with Gasteiger partial charge in [-0.1, -0.05) is 33.6 Å². The van der Waals surface area contributed by atoms with Gasteiger partial charge in [0, 0.05) is 12.4 Å². The SMILES string of the molecule is CCCC[C@H](CN(O)C=O)C(=O)N[C@H](c1nc(C(=O)n2cccc2)co1)C(C)C. The molecule has 2 heterocycles. The van der Waals surface area contributed by atoms with Crippen molar-refractivity contribution in [2.45, 2.75) is 46.1 Å². The number of amides is 2. The molecule has 2 amide bonds. The van der Waals surface area contributed by atoms with Crippen molar-refractivity contribution >= 4 is 18.2 Å². The number of hydrogen-bond acceptors (Lipinski definition) is 6. The summed E-state index contributed by atoms with van der Waals surface area (Å²) >= 11 is 0. The lowest BCUT2D eigenvalue weighted by molar-refractivity contribution is -0.154. The van der Waals surface area contributed by atoms with Crippen molar-refractivity contribution in [1.82, 2.24) is 19.9 Å². The summed E-state index contributed by atoms with van der Waals surface area (Å²) in [6.45, 7) is 5.70. The zero-order valence-electron chi connectivity index (χ0n) is 16.9. The fraction of sp³-hybridized carbons (Fsp3) is 0.500. The van der Waals surface area contributed by atoms with Crippen LogP contribution < -0.4 is 5.32 Å². The molecule has 158 valence electrons. The highest BCUT2D eigenvalue weighted by atomic mass is 16.5. The molecule has 0 aliphatic carbocycles. The molecule has 2 rings (SSSR count). The molecule has 0 unspecified atom stereocenters. The zero-order chi connectivity index (χ0) is 21.4. The number of hydroxylamine groups is 2. The first-order chi connectivity index (χ1) is 13.9. The second-order valence-electron chi connectivity index (χ2n) is 7.26. The van der Waals surface area contributed by atoms with Crippen molar-refractivity contribution in [1.29, 1.82) is 0 Å². The minimum absolute atomic E-state index is 0.0599. The van der Waals surface area contributed by atoms with E-state index in [4.69, 9.17) is 4.42 Å². The van der Waals surface area contributed by atoms with Crippen LogP contribution in [0.25, 0.3) is 0 Å². The van der Waals surface area contributed by atoms with Crippen LogP contribution in [0.4, 0.5) is 0 Å². The molecule has 0 aromatic carbocycles. The number of carbonyl (C=O) groups is 3. The van der Waals surface area contributed by atoms with Gasteiger partial charge in [0.1, 0.15) is 12.3 Å². The Labute approximate surface area is 169 Å². The van der Waals surface area contributed by atoms with E-state index in [-0.39, 0.29) is 42.3 Å². The molecular formula is C20H28N4O5. The molecule has 9 nitrogen and oxygen atoms in total. The number of rotatable bonds is 11. The van der Waals surface area contributed by atoms with Gasteiger partial charge in [-0.05, 0) is 24.5 Å². The Bertz CT molecular complexity index is 800. The molecule has 0 fully saturated rings. The van der Waals surface area contributed by atoms with E-state index in [2.05, 4.69) is 10.3 Å². The minimum Gasteiger partial charge on any atom is -0.446 e. The van der Waals surface area contributed by atoms with Gasteiger partial charge in [-0.3, -0.25) is 24.2 Å². The van der Waals surface area contributed by atoms with E-state index in [1.165, 1.54) is 10.8 Å². The Morgan fingerprint density at radius 1 is 1.34 bits per heavy atom. The highest BCUT2D eigenvalue weighted by molar-refractivity contribution is 5.93. The van der Waals surface area contributed by atoms with Crippen molar-refractivity contribution in [2.75, 3.05) is 6.54 Å². The van der Waals surface area contributed by atoms with Crippen LogP contribution in [0.15, 0.2) is 35.2 Å². The molecule has 0 aliphatic heterocycles. The third kappa shape index (κ3) is 6.02. The standard InChI is InChI=1S/C20H28N4O5/c1-4-5-8-15(11-24(28)13-25)18(26)22-17(14(2)3)19-21-16(12-29-19)20(27)23-9-6-7-10-23/h6-7,9-10,12-15,17,28H,4-5,8,11H2,1-3H3,(H,22,26)/t15-,17+/m1/s1. The van der Waals surface area contributed by atoms with Crippen LogP contribution in [-0.2, 0) is 9.59 Å². The first kappa shape index (κ1) is 22.4. The number of hydrogen-bond donors (Lipinski definition) is 2. The van der Waals surface area contributed by atoms with E-state index < -0.39 is 12.0 Å². The van der Waals surface area contributed by atoms with Gasteiger partial charge in [-0.25, -0.2) is 10.0 Å². The van der Waals surface area contributed by atoms with Crippen LogP contribution in [0.5, 0.6) is 0 Å². The van der Waals surface area contributed by atoms with Gasteiger partial charge >= 0.3 is 0 Å². The average Bonchev–Trinajstić information content (AvgIpc) is 3.40. The maximum atomic E-state index is 12.8. The van der Waals surface area contributed by atoms with Gasteiger partial charge in [0.15, 0.2) is 5.69 Å². The summed E-state index contributed by atoms with van der Waals surface area (Å²) < 4.78 is 6.88. The predicted molar refractivity (Wildman–Crippen MR) is 104 cm³/mol. The van der Waals surface area contributed by atoms with Gasteiger partial charge in [0.2, 0.25) is 18.2 Å². The largest absolute Gasteiger partial charge is 0.446 e. The van der Waals surface area contributed by atoms with Crippen molar-refractivity contribution in [2.24, 2.45) is 11.8 Å². The number of oxazole rings is 1. The highest BCUT2D eigenvalue weighted by Crippen LogP contribution is 2.23. The summed E-state index contributed by atoms with van der Waals surface area (Å²) in [5.41, 5.74) is 0.140. The van der Waals surface area contributed by atoms with Crippen molar-refractivity contribution in [3.63, 3.8) is 0 Å². The number of carbonyl (C=O) groups excluding carboxylic acids is 3. The van der Waals surface area contributed by atoms with Crippen LogP contribution in [0, 0.1) is 11.8 Å². The minimum atomic E-state index is -0.567. The predicted octanol–water partition coefficient (Wildman–Crippen LogP) is 2.63. The molecular weight excluding hydrogens is 376 g/mol. The molecule has 0 spiro atoms. The van der Waals surface area contributed by atoms with Crippen LogP contribution in [0.2, 0.25) is 0 Å². The smallest absolute Gasteiger partial charge is 0.283 e. The van der Waals surface area contributed by atoms with Gasteiger partial charge < -0.3 is 9.73 Å². The highest BCUT2D eigenvalue weighted by Gasteiger charge is 2.29. The molecule has 0 radical (unpaired) electrons. The van der Waals surface area contributed by atoms with Crippen molar-refractivity contribution in [3.05, 3.63) is 42.4 Å². The molecule has 2 atom stereocenters. The third-order valence-corrected chi connectivity index (χ3v) is 4.62. The Morgan fingerprint density at radius 2 is 2.03 bits per heavy atom. The number of aromatic nitrogens is 2. The fourth-order valence-corrected chi connectivity index (χ4v) is 2.94. The number of nitrogens with one attached hydrogen (secondary N) is 1. The van der Waals surface area contributed by atoms with E-state index in [1.807, 2.05) is 20.8 Å². The van der Waals surface area contributed by atoms with Gasteiger partial charge in [0.05, 0.1) is 12.5 Å². The van der Waals surface area contributed by atoms with Crippen LogP contribution in [-0.4, -0.2) is 44.6 Å². The second kappa shape index (κ2) is 10.6. The van der Waals surface area contributed by atoms with E-state index in [0.717, 1.165) is 12.8 Å². The van der Waals surface area contributed by atoms with Gasteiger partial charge in [-0.15, -0.1) is 0 Å². The van der Waals surface area contributed by atoms with E-state index in [1.54, 1.807) is 24.5 Å². The normalized spacial score (nSPS) is 13.1. The molecule has 0 aliphatic rings. The summed E-state index contributed by atoms with van der Waals surface area (Å²) in [6.07, 6.45) is 6.98. The average molecular weight is 404 g/mol. The Hall–Kier alpha value is -2.94. The fourth-order valence-electron chi connectivity index (χ4n) is 2.94. The first-order valence-electron chi connectivity index (χ1n) is 9.71. The number of nitrogens with zero attached hydrogens (tertiary/aromatic N) is 3. The quantitative estimate of drug-likeness (QED) is 0.338. The molecule has 9 heteroatoms. The third-order valence-electron chi connectivity index (χ3n) is 4.62. The summed E-state index contributed by atoms with van der Waals surface area (Å²) in [7, 11) is 0. The lowest BCUT2D eigenvalue weighted by Crippen LogP contribution is -2.40. The summed E-state index contributed by atoms with van der Waals surface area (Å²) in [6, 6.07) is 2.91. The van der Waals surface area contributed by atoms with Crippen LogP contribution in [0.1, 0.15) is 62.5 Å². The Balaban J connectivity index is 2.15. The summed E-state index contributed by atoms with van der Waals surface area (Å²) in [5, 5.41) is 12.9. The maximum absolute atomic E-state index is 12.8. The van der Waals surface area contributed by atoms with Gasteiger partial charge in [0.25, 0.3) is 5.91 Å². The maximum Gasteiger partial charge on any atom is 0.283 e. The topological polar surface area (TPSA) is 118 Å². The van der Waals surface area contributed by atoms with Crippen molar-refractivity contribution in [3.8, 4) is 0 Å². The summed E-state index contributed by atoms with van der Waals surface area (Å²) in [4.78, 5) is 40.2. The molecule has 2 aromatic rings.